The van der Waals surface area contributed by atoms with Crippen molar-refractivity contribution in [1.82, 2.24) is 19.3 Å². The van der Waals surface area contributed by atoms with Crippen LogP contribution >= 0.6 is 11.6 Å². The smallest absolute Gasteiger partial charge is 0.414 e. The third kappa shape index (κ3) is 1.96. The zero-order chi connectivity index (χ0) is 17.0. The molecule has 0 saturated heterocycles. The number of carboxylic acid groups (broad SMARTS) is 1. The van der Waals surface area contributed by atoms with Crippen molar-refractivity contribution in [3.05, 3.63) is 52.8 Å². The molecule has 4 heterocycles. The molecule has 0 spiro atoms. The van der Waals surface area contributed by atoms with Gasteiger partial charge in [-0.05, 0) is 11.6 Å². The van der Waals surface area contributed by atoms with E-state index in [1.807, 2.05) is 0 Å². The first kappa shape index (κ1) is 14.6. The van der Waals surface area contributed by atoms with Crippen LogP contribution in [0, 0.1) is 5.82 Å². The molecule has 0 atom stereocenters. The predicted molar refractivity (Wildman–Crippen MR) is 81.3 cm³/mol. The predicted octanol–water partition coefficient (Wildman–Crippen LogP) is 2.82. The van der Waals surface area contributed by atoms with E-state index < -0.39 is 17.8 Å². The van der Waals surface area contributed by atoms with E-state index in [0.29, 0.717) is 27.4 Å². The lowest BCUT2D eigenvalue weighted by Gasteiger charge is -2.08. The molecule has 2 amide bonds. The van der Waals surface area contributed by atoms with Crippen LogP contribution in [0.4, 0.5) is 9.18 Å². The quantitative estimate of drug-likeness (QED) is 0.684. The summed E-state index contributed by atoms with van der Waals surface area (Å²) in [5.41, 5.74) is 1.98. The Morgan fingerprint density at radius 1 is 1.33 bits per heavy atom. The van der Waals surface area contributed by atoms with E-state index in [4.69, 9.17) is 16.7 Å². The monoisotopic (exact) mass is 346 g/mol. The second-order valence-electron chi connectivity index (χ2n) is 5.21. The van der Waals surface area contributed by atoms with E-state index in [1.54, 1.807) is 4.40 Å². The second kappa shape index (κ2) is 5.00. The van der Waals surface area contributed by atoms with Crippen molar-refractivity contribution in [2.45, 2.75) is 6.54 Å². The van der Waals surface area contributed by atoms with Crippen molar-refractivity contribution >= 4 is 29.2 Å². The maximum Gasteiger partial charge on any atom is 0.414 e. The normalized spacial score (nSPS) is 13.6. The summed E-state index contributed by atoms with van der Waals surface area (Å²) < 4.78 is 14.9. The number of halogens is 2. The molecule has 0 radical (unpaired) electrons. The lowest BCUT2D eigenvalue weighted by atomic mass is 10.0. The Morgan fingerprint density at radius 2 is 2.12 bits per heavy atom. The Hall–Kier alpha value is -3.00. The highest BCUT2D eigenvalue weighted by Crippen LogP contribution is 2.35. The van der Waals surface area contributed by atoms with E-state index in [2.05, 4.69) is 9.97 Å². The minimum absolute atomic E-state index is 0.0534. The summed E-state index contributed by atoms with van der Waals surface area (Å²) in [4.78, 5) is 32.2. The first-order chi connectivity index (χ1) is 11.5. The molecule has 120 valence electrons. The van der Waals surface area contributed by atoms with Crippen LogP contribution in [0.3, 0.4) is 0 Å². The average Bonchev–Trinajstić information content (AvgIpc) is 3.09. The topological polar surface area (TPSA) is 87.8 Å². The number of nitrogens with zero attached hydrogens (tertiary/aromatic N) is 4. The molecule has 1 aliphatic heterocycles. The molecule has 0 unspecified atom stereocenters. The highest BCUT2D eigenvalue weighted by molar-refractivity contribution is 6.33. The zero-order valence-electron chi connectivity index (χ0n) is 11.9. The van der Waals surface area contributed by atoms with Gasteiger partial charge >= 0.3 is 6.09 Å². The van der Waals surface area contributed by atoms with Crippen LogP contribution in [-0.2, 0) is 6.54 Å². The van der Waals surface area contributed by atoms with Gasteiger partial charge < -0.3 is 5.11 Å². The lowest BCUT2D eigenvalue weighted by Crippen LogP contribution is -2.29. The third-order valence-corrected chi connectivity index (χ3v) is 4.18. The van der Waals surface area contributed by atoms with E-state index in [-0.39, 0.29) is 17.3 Å². The Labute approximate surface area is 138 Å². The van der Waals surface area contributed by atoms with Gasteiger partial charge in [0.15, 0.2) is 0 Å². The highest BCUT2D eigenvalue weighted by Gasteiger charge is 2.36. The van der Waals surface area contributed by atoms with Crippen LogP contribution in [0.2, 0.25) is 5.15 Å². The minimum atomic E-state index is -1.36. The first-order valence-corrected chi connectivity index (χ1v) is 7.20. The van der Waals surface area contributed by atoms with Gasteiger partial charge in [-0.3, -0.25) is 9.20 Å². The van der Waals surface area contributed by atoms with Gasteiger partial charge in [0.2, 0.25) is 0 Å². The maximum atomic E-state index is 13.3. The van der Waals surface area contributed by atoms with E-state index >= 15 is 0 Å². The molecule has 0 fully saturated rings. The van der Waals surface area contributed by atoms with Crippen LogP contribution in [0.1, 0.15) is 15.9 Å². The summed E-state index contributed by atoms with van der Waals surface area (Å²) >= 11 is 5.98. The van der Waals surface area contributed by atoms with Crippen LogP contribution in [0.15, 0.2) is 30.7 Å². The molecular weight excluding hydrogens is 339 g/mol. The van der Waals surface area contributed by atoms with Crippen LogP contribution in [0.5, 0.6) is 0 Å². The number of rotatable bonds is 1. The molecule has 0 saturated carbocycles. The largest absolute Gasteiger partial charge is 0.465 e. The van der Waals surface area contributed by atoms with Gasteiger partial charge in [-0.2, -0.15) is 0 Å². The van der Waals surface area contributed by atoms with Crippen molar-refractivity contribution in [2.75, 3.05) is 0 Å². The number of fused-ring (bicyclic) bond motifs is 2. The standard InChI is InChI=1S/C15H8ClFN4O3/c16-13-12-9(6-21(14(12)22)15(23)24)8(4-19-13)10-5-18-11-3-7(17)1-2-20(10)11/h1-5H,6H2,(H,23,24). The SMILES string of the molecule is O=C(O)N1Cc2c(-c3cnc4cc(F)ccn34)cnc(Cl)c2C1=O. The van der Waals surface area contributed by atoms with Crippen molar-refractivity contribution in [3.8, 4) is 11.3 Å². The number of hydrogen-bond acceptors (Lipinski definition) is 4. The molecule has 3 aromatic heterocycles. The molecule has 1 N–H and O–H groups in total. The van der Waals surface area contributed by atoms with Gasteiger partial charge in [-0.25, -0.2) is 24.1 Å². The highest BCUT2D eigenvalue weighted by atomic mass is 35.5. The molecule has 1 aliphatic rings. The molecule has 0 bridgehead atoms. The molecular formula is C15H8ClFN4O3. The second-order valence-corrected chi connectivity index (χ2v) is 5.56. The van der Waals surface area contributed by atoms with Crippen molar-refractivity contribution in [2.24, 2.45) is 0 Å². The number of imidazole rings is 1. The summed E-state index contributed by atoms with van der Waals surface area (Å²) in [5, 5.41) is 9.10. The van der Waals surface area contributed by atoms with E-state index in [0.717, 1.165) is 0 Å². The molecule has 0 aromatic carbocycles. The molecule has 24 heavy (non-hydrogen) atoms. The number of imide groups is 1. The molecule has 9 heteroatoms. The summed E-state index contributed by atoms with van der Waals surface area (Å²) in [7, 11) is 0. The van der Waals surface area contributed by atoms with Gasteiger partial charge in [-0.1, -0.05) is 11.6 Å². The maximum absolute atomic E-state index is 13.3. The fourth-order valence-corrected chi connectivity index (χ4v) is 3.04. The number of aromatic nitrogens is 3. The van der Waals surface area contributed by atoms with E-state index in [9.17, 15) is 14.0 Å². The fourth-order valence-electron chi connectivity index (χ4n) is 2.80. The summed E-state index contributed by atoms with van der Waals surface area (Å²) in [5.74, 6) is -1.14. The van der Waals surface area contributed by atoms with Crippen molar-refractivity contribution < 1.29 is 19.1 Å². The Kier molecular flexibility index (Phi) is 3.04. The Bertz CT molecular complexity index is 1030. The van der Waals surface area contributed by atoms with Gasteiger partial charge in [0.25, 0.3) is 5.91 Å². The number of pyridine rings is 2. The van der Waals surface area contributed by atoms with Crippen LogP contribution < -0.4 is 0 Å². The van der Waals surface area contributed by atoms with Crippen LogP contribution in [0.25, 0.3) is 16.9 Å². The molecule has 3 aromatic rings. The lowest BCUT2D eigenvalue weighted by molar-refractivity contribution is 0.0764. The summed E-state index contributed by atoms with van der Waals surface area (Å²) in [6.45, 7) is -0.129. The number of carbonyl (C=O) groups excluding carboxylic acids is 1. The van der Waals surface area contributed by atoms with Crippen LogP contribution in [-0.4, -0.2) is 36.4 Å². The van der Waals surface area contributed by atoms with E-state index in [1.165, 1.54) is 30.7 Å². The average molecular weight is 347 g/mol. The van der Waals surface area contributed by atoms with Crippen molar-refractivity contribution in [3.63, 3.8) is 0 Å². The summed E-state index contributed by atoms with van der Waals surface area (Å²) in [6, 6.07) is 2.54. The Balaban J connectivity index is 1.95. The Morgan fingerprint density at radius 3 is 2.88 bits per heavy atom. The number of carbonyl (C=O) groups is 2. The van der Waals surface area contributed by atoms with Gasteiger partial charge in [0.05, 0.1) is 24.0 Å². The van der Waals surface area contributed by atoms with Gasteiger partial charge in [0.1, 0.15) is 16.6 Å². The number of amides is 2. The minimum Gasteiger partial charge on any atom is -0.465 e. The summed E-state index contributed by atoms with van der Waals surface area (Å²) in [6.07, 6.45) is 3.10. The third-order valence-electron chi connectivity index (χ3n) is 3.90. The fraction of sp³-hybridized carbons (Fsp3) is 0.0667. The first-order valence-electron chi connectivity index (χ1n) is 6.82. The van der Waals surface area contributed by atoms with Gasteiger partial charge in [-0.15, -0.1) is 0 Å². The van der Waals surface area contributed by atoms with Crippen molar-refractivity contribution in [1.29, 1.82) is 0 Å². The van der Waals surface area contributed by atoms with Gasteiger partial charge in [0, 0.05) is 24.0 Å². The molecule has 7 nitrogen and oxygen atoms in total. The molecule has 0 aliphatic carbocycles. The zero-order valence-corrected chi connectivity index (χ0v) is 12.7. The number of hydrogen-bond donors (Lipinski definition) is 1. The molecule has 4 rings (SSSR count).